The van der Waals surface area contributed by atoms with Crippen molar-refractivity contribution in [3.63, 3.8) is 0 Å². The first-order valence-corrected chi connectivity index (χ1v) is 7.27. The van der Waals surface area contributed by atoms with Crippen molar-refractivity contribution in [1.29, 1.82) is 0 Å². The number of hydrogen-bond donors (Lipinski definition) is 3. The zero-order valence-corrected chi connectivity index (χ0v) is 13.3. The van der Waals surface area contributed by atoms with Crippen LogP contribution in [-0.2, 0) is 9.59 Å². The highest BCUT2D eigenvalue weighted by Gasteiger charge is 2.24. The van der Waals surface area contributed by atoms with Gasteiger partial charge in [0, 0.05) is 6.54 Å². The Bertz CT molecular complexity index is 528. The lowest BCUT2D eigenvalue weighted by Crippen LogP contribution is -2.45. The average molecular weight is 313 g/mol. The van der Waals surface area contributed by atoms with Crippen LogP contribution in [0, 0.1) is 6.92 Å². The van der Waals surface area contributed by atoms with Crippen LogP contribution in [-0.4, -0.2) is 29.1 Å². The SMILES string of the molecule is CCC(O)(CC)CNC(=O)C(=O)Nc1ccc(C)cc1Cl. The van der Waals surface area contributed by atoms with Crippen molar-refractivity contribution >= 4 is 29.1 Å². The maximum absolute atomic E-state index is 11.8. The predicted molar refractivity (Wildman–Crippen MR) is 83.4 cm³/mol. The maximum Gasteiger partial charge on any atom is 0.313 e. The molecule has 1 rings (SSSR count). The van der Waals surface area contributed by atoms with E-state index in [1.54, 1.807) is 18.2 Å². The van der Waals surface area contributed by atoms with Crippen molar-refractivity contribution in [3.05, 3.63) is 28.8 Å². The molecule has 0 aliphatic rings. The van der Waals surface area contributed by atoms with E-state index >= 15 is 0 Å². The topological polar surface area (TPSA) is 78.4 Å². The summed E-state index contributed by atoms with van der Waals surface area (Å²) in [4.78, 5) is 23.5. The molecule has 0 aromatic heterocycles. The van der Waals surface area contributed by atoms with E-state index in [0.29, 0.717) is 23.6 Å². The van der Waals surface area contributed by atoms with Crippen LogP contribution in [0.4, 0.5) is 5.69 Å². The summed E-state index contributed by atoms with van der Waals surface area (Å²) >= 11 is 5.99. The third-order valence-electron chi connectivity index (χ3n) is 3.47. The van der Waals surface area contributed by atoms with Gasteiger partial charge in [0.15, 0.2) is 0 Å². The van der Waals surface area contributed by atoms with Crippen LogP contribution < -0.4 is 10.6 Å². The fourth-order valence-corrected chi connectivity index (χ4v) is 2.01. The number of aliphatic hydroxyl groups is 1. The molecule has 3 N–H and O–H groups in total. The van der Waals surface area contributed by atoms with Gasteiger partial charge in [0.05, 0.1) is 16.3 Å². The van der Waals surface area contributed by atoms with Crippen LogP contribution in [0.1, 0.15) is 32.3 Å². The molecule has 21 heavy (non-hydrogen) atoms. The molecular weight excluding hydrogens is 292 g/mol. The maximum atomic E-state index is 11.8. The van der Waals surface area contributed by atoms with Gasteiger partial charge < -0.3 is 15.7 Å². The number of halogens is 1. The first-order chi connectivity index (χ1) is 9.81. The predicted octanol–water partition coefficient (Wildman–Crippen LogP) is 2.25. The average Bonchev–Trinajstić information content (AvgIpc) is 2.47. The van der Waals surface area contributed by atoms with Crippen molar-refractivity contribution in [2.24, 2.45) is 0 Å². The number of carbonyl (C=O) groups is 2. The van der Waals surface area contributed by atoms with Crippen LogP contribution in [0.2, 0.25) is 5.02 Å². The van der Waals surface area contributed by atoms with Gasteiger partial charge in [-0.25, -0.2) is 0 Å². The van der Waals surface area contributed by atoms with E-state index in [1.165, 1.54) is 0 Å². The first kappa shape index (κ1) is 17.5. The van der Waals surface area contributed by atoms with E-state index in [2.05, 4.69) is 10.6 Å². The molecule has 0 aliphatic carbocycles. The Morgan fingerprint density at radius 3 is 2.38 bits per heavy atom. The Kier molecular flexibility index (Phi) is 6.18. The lowest BCUT2D eigenvalue weighted by atomic mass is 9.98. The molecular formula is C15H21ClN2O3. The zero-order valence-electron chi connectivity index (χ0n) is 12.5. The van der Waals surface area contributed by atoms with Crippen LogP contribution in [0.5, 0.6) is 0 Å². The summed E-state index contributed by atoms with van der Waals surface area (Å²) in [5.74, 6) is -1.61. The molecule has 0 bridgehead atoms. The minimum Gasteiger partial charge on any atom is -0.388 e. The Labute approximate surface area is 129 Å². The summed E-state index contributed by atoms with van der Waals surface area (Å²) in [6, 6.07) is 5.12. The van der Waals surface area contributed by atoms with Crippen molar-refractivity contribution in [2.45, 2.75) is 39.2 Å². The lowest BCUT2D eigenvalue weighted by molar-refractivity contribution is -0.136. The number of anilines is 1. The summed E-state index contributed by atoms with van der Waals surface area (Å²) in [5, 5.41) is 15.3. The van der Waals surface area contributed by atoms with Crippen LogP contribution in [0.15, 0.2) is 18.2 Å². The van der Waals surface area contributed by atoms with Gasteiger partial charge in [0.25, 0.3) is 0 Å². The van der Waals surface area contributed by atoms with Crippen LogP contribution in [0.25, 0.3) is 0 Å². The van der Waals surface area contributed by atoms with Gasteiger partial charge in [-0.1, -0.05) is 31.5 Å². The molecule has 0 spiro atoms. The van der Waals surface area contributed by atoms with Gasteiger partial charge in [-0.15, -0.1) is 0 Å². The minimum atomic E-state index is -0.989. The summed E-state index contributed by atoms with van der Waals surface area (Å²) in [7, 11) is 0. The summed E-state index contributed by atoms with van der Waals surface area (Å²) in [5.41, 5.74) is 0.347. The Balaban J connectivity index is 2.61. The van der Waals surface area contributed by atoms with Gasteiger partial charge in [-0.2, -0.15) is 0 Å². The van der Waals surface area contributed by atoms with E-state index in [9.17, 15) is 14.7 Å². The highest BCUT2D eigenvalue weighted by Crippen LogP contribution is 2.22. The lowest BCUT2D eigenvalue weighted by Gasteiger charge is -2.25. The fourth-order valence-electron chi connectivity index (χ4n) is 1.73. The number of rotatable bonds is 5. The van der Waals surface area contributed by atoms with E-state index in [-0.39, 0.29) is 6.54 Å². The van der Waals surface area contributed by atoms with Gasteiger partial charge >= 0.3 is 11.8 Å². The quantitative estimate of drug-likeness (QED) is 0.730. The highest BCUT2D eigenvalue weighted by atomic mass is 35.5. The molecule has 2 amide bonds. The fraction of sp³-hybridized carbons (Fsp3) is 0.467. The number of aryl methyl sites for hydroxylation is 1. The molecule has 1 aromatic carbocycles. The highest BCUT2D eigenvalue weighted by molar-refractivity contribution is 6.41. The van der Waals surface area contributed by atoms with Crippen molar-refractivity contribution in [3.8, 4) is 0 Å². The second-order valence-corrected chi connectivity index (χ2v) is 5.46. The van der Waals surface area contributed by atoms with Crippen LogP contribution in [0.3, 0.4) is 0 Å². The third-order valence-corrected chi connectivity index (χ3v) is 3.79. The summed E-state index contributed by atoms with van der Waals surface area (Å²) < 4.78 is 0. The molecule has 5 nitrogen and oxygen atoms in total. The number of carbonyl (C=O) groups excluding carboxylic acids is 2. The molecule has 0 radical (unpaired) electrons. The number of amides is 2. The van der Waals surface area contributed by atoms with E-state index < -0.39 is 17.4 Å². The van der Waals surface area contributed by atoms with Gasteiger partial charge in [0.2, 0.25) is 0 Å². The van der Waals surface area contributed by atoms with E-state index in [4.69, 9.17) is 11.6 Å². The monoisotopic (exact) mass is 312 g/mol. The van der Waals surface area contributed by atoms with Crippen molar-refractivity contribution in [2.75, 3.05) is 11.9 Å². The van der Waals surface area contributed by atoms with Crippen molar-refractivity contribution in [1.82, 2.24) is 5.32 Å². The molecule has 0 aliphatic heterocycles. The zero-order chi connectivity index (χ0) is 16.0. The molecule has 0 atom stereocenters. The molecule has 6 heteroatoms. The summed E-state index contributed by atoms with van der Waals surface area (Å²) in [6.45, 7) is 5.55. The molecule has 0 saturated carbocycles. The molecule has 0 saturated heterocycles. The number of hydrogen-bond acceptors (Lipinski definition) is 3. The van der Waals surface area contributed by atoms with E-state index in [1.807, 2.05) is 20.8 Å². The third kappa shape index (κ3) is 5.02. The molecule has 1 aromatic rings. The molecule has 0 heterocycles. The molecule has 0 unspecified atom stereocenters. The Morgan fingerprint density at radius 1 is 1.24 bits per heavy atom. The Morgan fingerprint density at radius 2 is 1.86 bits per heavy atom. The largest absolute Gasteiger partial charge is 0.388 e. The molecule has 0 fully saturated rings. The number of benzene rings is 1. The normalized spacial score (nSPS) is 11.1. The minimum absolute atomic E-state index is 0.0356. The Hall–Kier alpha value is -1.59. The second-order valence-electron chi connectivity index (χ2n) is 5.05. The van der Waals surface area contributed by atoms with Gasteiger partial charge in [-0.3, -0.25) is 9.59 Å². The number of nitrogens with one attached hydrogen (secondary N) is 2. The van der Waals surface area contributed by atoms with E-state index in [0.717, 1.165) is 5.56 Å². The second kappa shape index (κ2) is 7.43. The molecule has 116 valence electrons. The van der Waals surface area contributed by atoms with Gasteiger partial charge in [0.1, 0.15) is 0 Å². The van der Waals surface area contributed by atoms with Crippen LogP contribution >= 0.6 is 11.6 Å². The standard InChI is InChI=1S/C15H21ClN2O3/c1-4-15(21,5-2)9-17-13(19)14(20)18-12-7-6-10(3)8-11(12)16/h6-8,21H,4-5,9H2,1-3H3,(H,17,19)(H,18,20). The first-order valence-electron chi connectivity index (χ1n) is 6.89. The smallest absolute Gasteiger partial charge is 0.313 e. The van der Waals surface area contributed by atoms with Gasteiger partial charge in [-0.05, 0) is 37.5 Å². The summed E-state index contributed by atoms with van der Waals surface area (Å²) in [6.07, 6.45) is 0.990. The van der Waals surface area contributed by atoms with Crippen molar-refractivity contribution < 1.29 is 14.7 Å².